The first-order valence-electron chi connectivity index (χ1n) is 6.76. The van der Waals surface area contributed by atoms with Gasteiger partial charge in [-0.2, -0.15) is 0 Å². The molecule has 0 fully saturated rings. The van der Waals surface area contributed by atoms with Crippen LogP contribution in [0.1, 0.15) is 30.7 Å². The summed E-state index contributed by atoms with van der Waals surface area (Å²) in [6, 6.07) is 5.98. The highest BCUT2D eigenvalue weighted by molar-refractivity contribution is 5.68. The maximum atomic E-state index is 11.9. The molecule has 4 heteroatoms. The number of benzene rings is 1. The number of aromatic nitrogens is 2. The SMILES string of the molecule is Cc1nc(-c2cccc3c2OC(C)(C)C3)[nH]c(=O)c1C. The van der Waals surface area contributed by atoms with Gasteiger partial charge in [0.25, 0.3) is 5.56 Å². The number of aromatic amines is 1. The third kappa shape index (κ3) is 2.01. The predicted molar refractivity (Wildman–Crippen MR) is 78.2 cm³/mol. The lowest BCUT2D eigenvalue weighted by molar-refractivity contribution is 0.139. The third-order valence-electron chi connectivity index (χ3n) is 3.74. The Bertz CT molecular complexity index is 745. The lowest BCUT2D eigenvalue weighted by Crippen LogP contribution is -2.24. The highest BCUT2D eigenvalue weighted by Crippen LogP contribution is 2.41. The summed E-state index contributed by atoms with van der Waals surface area (Å²) in [7, 11) is 0. The van der Waals surface area contributed by atoms with Crippen LogP contribution in [0.25, 0.3) is 11.4 Å². The van der Waals surface area contributed by atoms with Crippen molar-refractivity contribution in [2.24, 2.45) is 0 Å². The highest BCUT2D eigenvalue weighted by atomic mass is 16.5. The Kier molecular flexibility index (Phi) is 2.71. The normalized spacial score (nSPS) is 15.8. The molecule has 0 atom stereocenters. The van der Waals surface area contributed by atoms with E-state index in [4.69, 9.17) is 4.74 Å². The van der Waals surface area contributed by atoms with E-state index < -0.39 is 0 Å². The summed E-state index contributed by atoms with van der Waals surface area (Å²) in [6.45, 7) is 7.75. The molecule has 1 aliphatic rings. The van der Waals surface area contributed by atoms with Crippen LogP contribution in [0.5, 0.6) is 5.75 Å². The Morgan fingerprint density at radius 3 is 2.75 bits per heavy atom. The van der Waals surface area contributed by atoms with Gasteiger partial charge >= 0.3 is 0 Å². The molecule has 2 heterocycles. The number of H-pyrrole nitrogens is 1. The minimum atomic E-state index is -0.210. The number of aryl methyl sites for hydroxylation is 1. The molecular weight excluding hydrogens is 252 g/mol. The van der Waals surface area contributed by atoms with Crippen molar-refractivity contribution in [3.63, 3.8) is 0 Å². The fourth-order valence-electron chi connectivity index (χ4n) is 2.57. The van der Waals surface area contributed by atoms with Crippen LogP contribution in [0.2, 0.25) is 0 Å². The second kappa shape index (κ2) is 4.20. The first kappa shape index (κ1) is 12.9. The van der Waals surface area contributed by atoms with Gasteiger partial charge in [-0.15, -0.1) is 0 Å². The van der Waals surface area contributed by atoms with Gasteiger partial charge in [-0.3, -0.25) is 4.79 Å². The Labute approximate surface area is 117 Å². The number of rotatable bonds is 1. The molecule has 4 nitrogen and oxygen atoms in total. The fraction of sp³-hybridized carbons (Fsp3) is 0.375. The van der Waals surface area contributed by atoms with E-state index in [2.05, 4.69) is 29.9 Å². The summed E-state index contributed by atoms with van der Waals surface area (Å²) in [6.07, 6.45) is 0.866. The molecule has 0 aliphatic carbocycles. The Balaban J connectivity index is 2.19. The van der Waals surface area contributed by atoms with Gasteiger partial charge in [0.1, 0.15) is 17.2 Å². The van der Waals surface area contributed by atoms with Crippen LogP contribution < -0.4 is 10.3 Å². The van der Waals surface area contributed by atoms with Crippen LogP contribution in [-0.2, 0) is 6.42 Å². The van der Waals surface area contributed by atoms with E-state index in [1.165, 1.54) is 0 Å². The number of hydrogen-bond donors (Lipinski definition) is 1. The second-order valence-electron chi connectivity index (χ2n) is 5.96. The van der Waals surface area contributed by atoms with Crippen LogP contribution in [0.4, 0.5) is 0 Å². The van der Waals surface area contributed by atoms with Gasteiger partial charge < -0.3 is 9.72 Å². The summed E-state index contributed by atoms with van der Waals surface area (Å²) >= 11 is 0. The van der Waals surface area contributed by atoms with E-state index >= 15 is 0 Å². The smallest absolute Gasteiger partial charge is 0.254 e. The van der Waals surface area contributed by atoms with Crippen LogP contribution in [0, 0.1) is 13.8 Å². The first-order chi connectivity index (χ1) is 9.37. The topological polar surface area (TPSA) is 55.0 Å². The summed E-state index contributed by atoms with van der Waals surface area (Å²) in [4.78, 5) is 19.3. The molecule has 2 aromatic rings. The van der Waals surface area contributed by atoms with Crippen molar-refractivity contribution in [1.82, 2.24) is 9.97 Å². The average molecular weight is 270 g/mol. The molecule has 20 heavy (non-hydrogen) atoms. The average Bonchev–Trinajstić information content (AvgIpc) is 2.68. The van der Waals surface area contributed by atoms with Crippen LogP contribution in [0.3, 0.4) is 0 Å². The van der Waals surface area contributed by atoms with Crippen molar-refractivity contribution < 1.29 is 4.74 Å². The van der Waals surface area contributed by atoms with Gasteiger partial charge in [0.2, 0.25) is 0 Å². The molecule has 1 aromatic heterocycles. The Hall–Kier alpha value is -2.10. The number of nitrogens with one attached hydrogen (secondary N) is 1. The van der Waals surface area contributed by atoms with Crippen molar-refractivity contribution in [2.75, 3.05) is 0 Å². The molecule has 0 saturated heterocycles. The van der Waals surface area contributed by atoms with Crippen LogP contribution in [0.15, 0.2) is 23.0 Å². The van der Waals surface area contributed by atoms with Crippen molar-refractivity contribution in [3.8, 4) is 17.1 Å². The van der Waals surface area contributed by atoms with Crippen LogP contribution >= 0.6 is 0 Å². The number of hydrogen-bond acceptors (Lipinski definition) is 3. The summed E-state index contributed by atoms with van der Waals surface area (Å²) < 4.78 is 6.03. The van der Waals surface area contributed by atoms with E-state index in [0.717, 1.165) is 29.0 Å². The number of para-hydroxylation sites is 1. The Morgan fingerprint density at radius 1 is 1.30 bits per heavy atom. The monoisotopic (exact) mass is 270 g/mol. The fourth-order valence-corrected chi connectivity index (χ4v) is 2.57. The molecule has 1 aromatic carbocycles. The van der Waals surface area contributed by atoms with Gasteiger partial charge in [0, 0.05) is 17.7 Å². The summed E-state index contributed by atoms with van der Waals surface area (Å²) in [5.74, 6) is 1.41. The van der Waals surface area contributed by atoms with Crippen LogP contribution in [-0.4, -0.2) is 15.6 Å². The third-order valence-corrected chi connectivity index (χ3v) is 3.74. The second-order valence-corrected chi connectivity index (χ2v) is 5.96. The molecule has 1 N–H and O–H groups in total. The summed E-state index contributed by atoms with van der Waals surface area (Å²) in [5, 5.41) is 0. The summed E-state index contributed by atoms with van der Waals surface area (Å²) in [5.41, 5.74) is 3.11. The molecular formula is C16H18N2O2. The standard InChI is InChI=1S/C16H18N2O2/c1-9-10(2)17-14(18-15(9)19)12-7-5-6-11-8-16(3,4)20-13(11)12/h5-7H,8H2,1-4H3,(H,17,18,19). The zero-order valence-electron chi connectivity index (χ0n) is 12.2. The van der Waals surface area contributed by atoms with Crippen molar-refractivity contribution in [2.45, 2.75) is 39.7 Å². The maximum Gasteiger partial charge on any atom is 0.254 e. The molecule has 104 valence electrons. The van der Waals surface area contributed by atoms with Gasteiger partial charge in [-0.05, 0) is 39.3 Å². The molecule has 0 radical (unpaired) electrons. The molecule has 0 amide bonds. The largest absolute Gasteiger partial charge is 0.486 e. The minimum absolute atomic E-state index is 0.0950. The van der Waals surface area contributed by atoms with E-state index in [1.54, 1.807) is 6.92 Å². The Morgan fingerprint density at radius 2 is 2.05 bits per heavy atom. The molecule has 3 rings (SSSR count). The van der Waals surface area contributed by atoms with E-state index in [-0.39, 0.29) is 11.2 Å². The van der Waals surface area contributed by atoms with Gasteiger partial charge in [0.15, 0.2) is 0 Å². The lowest BCUT2D eigenvalue weighted by Gasteiger charge is -2.18. The zero-order valence-corrected chi connectivity index (χ0v) is 12.2. The van der Waals surface area contributed by atoms with Crippen molar-refractivity contribution >= 4 is 0 Å². The molecule has 0 bridgehead atoms. The van der Waals surface area contributed by atoms with Gasteiger partial charge in [0.05, 0.1) is 5.56 Å². The first-order valence-corrected chi connectivity index (χ1v) is 6.76. The maximum absolute atomic E-state index is 11.9. The van der Waals surface area contributed by atoms with Crippen molar-refractivity contribution in [3.05, 3.63) is 45.4 Å². The predicted octanol–water partition coefficient (Wildman–Crippen LogP) is 2.77. The van der Waals surface area contributed by atoms with Crippen molar-refractivity contribution in [1.29, 1.82) is 0 Å². The van der Waals surface area contributed by atoms with E-state index in [1.807, 2.05) is 19.1 Å². The quantitative estimate of drug-likeness (QED) is 0.867. The number of fused-ring (bicyclic) bond motifs is 1. The zero-order chi connectivity index (χ0) is 14.5. The lowest BCUT2D eigenvalue weighted by atomic mass is 10.0. The number of ether oxygens (including phenoxy) is 1. The highest BCUT2D eigenvalue weighted by Gasteiger charge is 2.32. The van der Waals surface area contributed by atoms with Gasteiger partial charge in [-0.25, -0.2) is 4.98 Å². The molecule has 0 unspecified atom stereocenters. The number of nitrogens with zero attached hydrogens (tertiary/aromatic N) is 1. The van der Waals surface area contributed by atoms with E-state index in [9.17, 15) is 4.79 Å². The molecule has 0 spiro atoms. The van der Waals surface area contributed by atoms with Gasteiger partial charge in [-0.1, -0.05) is 12.1 Å². The molecule has 0 saturated carbocycles. The minimum Gasteiger partial charge on any atom is -0.486 e. The van der Waals surface area contributed by atoms with E-state index in [0.29, 0.717) is 11.4 Å². The molecule has 1 aliphatic heterocycles.